The van der Waals surface area contributed by atoms with Gasteiger partial charge in [0, 0.05) is 17.6 Å². The van der Waals surface area contributed by atoms with Crippen molar-refractivity contribution in [3.05, 3.63) is 54.0 Å². The van der Waals surface area contributed by atoms with Crippen molar-refractivity contribution in [3.63, 3.8) is 0 Å². The maximum absolute atomic E-state index is 5.79. The van der Waals surface area contributed by atoms with E-state index < -0.39 is 0 Å². The SMILES string of the molecule is Cc1cnn(C[C@H](C)NCc2cc3ccccc3o2)c1. The van der Waals surface area contributed by atoms with Crippen molar-refractivity contribution in [3.8, 4) is 0 Å². The minimum atomic E-state index is 0.336. The summed E-state index contributed by atoms with van der Waals surface area (Å²) in [4.78, 5) is 0. The van der Waals surface area contributed by atoms with Gasteiger partial charge in [0.25, 0.3) is 0 Å². The molecule has 3 aromatic rings. The quantitative estimate of drug-likeness (QED) is 0.774. The second-order valence-electron chi connectivity index (χ2n) is 5.27. The fourth-order valence-corrected chi connectivity index (χ4v) is 2.31. The van der Waals surface area contributed by atoms with Gasteiger partial charge in [-0.05, 0) is 31.5 Å². The van der Waals surface area contributed by atoms with Gasteiger partial charge in [-0.3, -0.25) is 4.68 Å². The van der Waals surface area contributed by atoms with E-state index in [1.165, 1.54) is 5.56 Å². The Bertz CT molecular complexity index is 665. The second kappa shape index (κ2) is 5.51. The summed E-state index contributed by atoms with van der Waals surface area (Å²) < 4.78 is 7.75. The highest BCUT2D eigenvalue weighted by atomic mass is 16.3. The van der Waals surface area contributed by atoms with Crippen LogP contribution in [0.3, 0.4) is 0 Å². The summed E-state index contributed by atoms with van der Waals surface area (Å²) >= 11 is 0. The van der Waals surface area contributed by atoms with Crippen molar-refractivity contribution in [1.29, 1.82) is 0 Å². The number of furan rings is 1. The van der Waals surface area contributed by atoms with E-state index in [1.54, 1.807) is 0 Å². The maximum atomic E-state index is 5.79. The van der Waals surface area contributed by atoms with Crippen LogP contribution >= 0.6 is 0 Å². The van der Waals surface area contributed by atoms with Gasteiger partial charge >= 0.3 is 0 Å². The lowest BCUT2D eigenvalue weighted by atomic mass is 10.2. The van der Waals surface area contributed by atoms with Crippen LogP contribution in [0.2, 0.25) is 0 Å². The molecule has 1 atom stereocenters. The zero-order valence-electron chi connectivity index (χ0n) is 11.8. The monoisotopic (exact) mass is 269 g/mol. The zero-order chi connectivity index (χ0) is 13.9. The van der Waals surface area contributed by atoms with Gasteiger partial charge in [0.15, 0.2) is 0 Å². The largest absolute Gasteiger partial charge is 0.460 e. The van der Waals surface area contributed by atoms with E-state index in [0.717, 1.165) is 29.8 Å². The Morgan fingerprint density at radius 1 is 1.35 bits per heavy atom. The van der Waals surface area contributed by atoms with Crippen molar-refractivity contribution in [2.24, 2.45) is 0 Å². The van der Waals surface area contributed by atoms with Crippen LogP contribution in [0, 0.1) is 6.92 Å². The first-order valence-corrected chi connectivity index (χ1v) is 6.90. The third-order valence-corrected chi connectivity index (χ3v) is 3.32. The normalized spacial score (nSPS) is 12.9. The third kappa shape index (κ3) is 2.91. The summed E-state index contributed by atoms with van der Waals surface area (Å²) in [6, 6.07) is 10.5. The van der Waals surface area contributed by atoms with Crippen LogP contribution in [-0.2, 0) is 13.1 Å². The fraction of sp³-hybridized carbons (Fsp3) is 0.312. The van der Waals surface area contributed by atoms with Crippen LogP contribution < -0.4 is 5.32 Å². The maximum Gasteiger partial charge on any atom is 0.134 e. The van der Waals surface area contributed by atoms with Crippen molar-refractivity contribution < 1.29 is 4.42 Å². The minimum Gasteiger partial charge on any atom is -0.460 e. The van der Waals surface area contributed by atoms with Crippen molar-refractivity contribution in [2.75, 3.05) is 0 Å². The molecule has 0 saturated carbocycles. The molecule has 0 radical (unpaired) electrons. The molecule has 0 saturated heterocycles. The minimum absolute atomic E-state index is 0.336. The molecule has 0 spiro atoms. The van der Waals surface area contributed by atoms with Gasteiger partial charge in [-0.1, -0.05) is 18.2 Å². The number of rotatable bonds is 5. The molecular weight excluding hydrogens is 250 g/mol. The number of hydrogen-bond donors (Lipinski definition) is 1. The van der Waals surface area contributed by atoms with E-state index in [1.807, 2.05) is 29.1 Å². The number of aromatic nitrogens is 2. The van der Waals surface area contributed by atoms with Crippen molar-refractivity contribution in [1.82, 2.24) is 15.1 Å². The van der Waals surface area contributed by atoms with E-state index in [4.69, 9.17) is 4.42 Å². The van der Waals surface area contributed by atoms with Crippen LogP contribution in [0.5, 0.6) is 0 Å². The molecule has 3 rings (SSSR count). The summed E-state index contributed by atoms with van der Waals surface area (Å²) in [5.41, 5.74) is 2.13. The highest BCUT2D eigenvalue weighted by molar-refractivity contribution is 5.77. The topological polar surface area (TPSA) is 43.0 Å². The molecule has 0 aliphatic heterocycles. The summed E-state index contributed by atoms with van der Waals surface area (Å²) in [6.07, 6.45) is 3.94. The van der Waals surface area contributed by atoms with Gasteiger partial charge in [0.05, 0.1) is 19.3 Å². The van der Waals surface area contributed by atoms with E-state index in [9.17, 15) is 0 Å². The first-order chi connectivity index (χ1) is 9.70. The summed E-state index contributed by atoms with van der Waals surface area (Å²) in [6.45, 7) is 5.79. The molecule has 0 aliphatic carbocycles. The Kier molecular flexibility index (Phi) is 3.56. The predicted octanol–water partition coefficient (Wildman–Crippen LogP) is 3.12. The molecule has 1 N–H and O–H groups in total. The molecular formula is C16H19N3O. The molecule has 0 amide bonds. The zero-order valence-corrected chi connectivity index (χ0v) is 11.8. The van der Waals surface area contributed by atoms with Crippen LogP contribution in [0.4, 0.5) is 0 Å². The summed E-state index contributed by atoms with van der Waals surface area (Å²) in [5, 5.41) is 8.91. The standard InChI is InChI=1S/C16H19N3O/c1-12-8-18-19(10-12)11-13(2)17-9-15-7-14-5-3-4-6-16(14)20-15/h3-8,10,13,17H,9,11H2,1-2H3/t13-/m0/s1. The number of aryl methyl sites for hydroxylation is 1. The lowest BCUT2D eigenvalue weighted by Gasteiger charge is -2.12. The average molecular weight is 269 g/mol. The Morgan fingerprint density at radius 3 is 2.95 bits per heavy atom. The number of nitrogens with zero attached hydrogens (tertiary/aromatic N) is 2. The molecule has 4 heteroatoms. The third-order valence-electron chi connectivity index (χ3n) is 3.32. The van der Waals surface area contributed by atoms with Crippen LogP contribution in [-0.4, -0.2) is 15.8 Å². The summed E-state index contributed by atoms with van der Waals surface area (Å²) in [7, 11) is 0. The molecule has 104 valence electrons. The van der Waals surface area contributed by atoms with Crippen LogP contribution in [0.25, 0.3) is 11.0 Å². The number of benzene rings is 1. The molecule has 0 fully saturated rings. The number of nitrogens with one attached hydrogen (secondary N) is 1. The first kappa shape index (κ1) is 12.9. The number of fused-ring (bicyclic) bond motifs is 1. The lowest BCUT2D eigenvalue weighted by molar-refractivity contribution is 0.423. The Labute approximate surface area is 118 Å². The van der Waals surface area contributed by atoms with Gasteiger partial charge in [0.2, 0.25) is 0 Å². The van der Waals surface area contributed by atoms with E-state index in [0.29, 0.717) is 6.04 Å². The predicted molar refractivity (Wildman–Crippen MR) is 79.5 cm³/mol. The van der Waals surface area contributed by atoms with E-state index in [2.05, 4.69) is 42.6 Å². The van der Waals surface area contributed by atoms with Crippen LogP contribution in [0.15, 0.2) is 47.1 Å². The second-order valence-corrected chi connectivity index (χ2v) is 5.27. The Hall–Kier alpha value is -2.07. The Morgan fingerprint density at radius 2 is 2.20 bits per heavy atom. The number of para-hydroxylation sites is 1. The average Bonchev–Trinajstić information content (AvgIpc) is 3.02. The van der Waals surface area contributed by atoms with Gasteiger partial charge in [-0.15, -0.1) is 0 Å². The molecule has 1 aromatic carbocycles. The van der Waals surface area contributed by atoms with Gasteiger partial charge in [0.1, 0.15) is 11.3 Å². The summed E-state index contributed by atoms with van der Waals surface area (Å²) in [5.74, 6) is 0.967. The highest BCUT2D eigenvalue weighted by Crippen LogP contribution is 2.18. The van der Waals surface area contributed by atoms with Crippen molar-refractivity contribution >= 4 is 11.0 Å². The van der Waals surface area contributed by atoms with Gasteiger partial charge in [-0.2, -0.15) is 5.10 Å². The van der Waals surface area contributed by atoms with E-state index in [-0.39, 0.29) is 0 Å². The van der Waals surface area contributed by atoms with E-state index >= 15 is 0 Å². The molecule has 20 heavy (non-hydrogen) atoms. The number of hydrogen-bond acceptors (Lipinski definition) is 3. The Balaban J connectivity index is 1.58. The van der Waals surface area contributed by atoms with Crippen LogP contribution in [0.1, 0.15) is 18.2 Å². The molecule has 4 nitrogen and oxygen atoms in total. The molecule has 0 aliphatic rings. The van der Waals surface area contributed by atoms with Crippen molar-refractivity contribution in [2.45, 2.75) is 33.0 Å². The smallest absolute Gasteiger partial charge is 0.134 e. The highest BCUT2D eigenvalue weighted by Gasteiger charge is 2.07. The molecule has 2 aromatic heterocycles. The van der Waals surface area contributed by atoms with Gasteiger partial charge in [-0.25, -0.2) is 0 Å². The fourth-order valence-electron chi connectivity index (χ4n) is 2.31. The lowest BCUT2D eigenvalue weighted by Crippen LogP contribution is -2.29. The molecule has 2 heterocycles. The molecule has 0 unspecified atom stereocenters. The molecule has 0 bridgehead atoms. The first-order valence-electron chi connectivity index (χ1n) is 6.90. The van der Waals surface area contributed by atoms with Gasteiger partial charge < -0.3 is 9.73 Å².